The summed E-state index contributed by atoms with van der Waals surface area (Å²) >= 11 is 0. The Balaban J connectivity index is 1.44. The minimum Gasteiger partial charge on any atom is -0.494 e. The summed E-state index contributed by atoms with van der Waals surface area (Å²) in [6.45, 7) is 5.51. The van der Waals surface area contributed by atoms with Crippen LogP contribution in [0.4, 0.5) is 0 Å². The number of H-pyrrole nitrogens is 1. The van der Waals surface area contributed by atoms with Crippen LogP contribution in [0.25, 0.3) is 11.4 Å². The van der Waals surface area contributed by atoms with Gasteiger partial charge in [0.15, 0.2) is 0 Å². The fraction of sp³-hybridized carbons (Fsp3) is 0.348. The standard InChI is InChI=1S/C23H26N4O2/c1-2-29-21-8-4-3-6-19(21)16-27-12-9-17(10-13-27)20-14-22(28)26-23(25-20)18-7-5-11-24-15-18/h3-8,11,14-15,17H,2,9-10,12-13,16H2,1H3,(H,25,26,28). The van der Waals surface area contributed by atoms with Crippen LogP contribution in [0.3, 0.4) is 0 Å². The Morgan fingerprint density at radius 2 is 2.00 bits per heavy atom. The van der Waals surface area contributed by atoms with Gasteiger partial charge < -0.3 is 9.72 Å². The second-order valence-electron chi connectivity index (χ2n) is 7.35. The van der Waals surface area contributed by atoms with Crippen LogP contribution in [0.15, 0.2) is 59.7 Å². The summed E-state index contributed by atoms with van der Waals surface area (Å²) in [7, 11) is 0. The lowest BCUT2D eigenvalue weighted by Crippen LogP contribution is -2.33. The third kappa shape index (κ3) is 4.71. The Bertz CT molecular complexity index is 995. The maximum absolute atomic E-state index is 12.2. The number of nitrogens with one attached hydrogen (secondary N) is 1. The number of benzene rings is 1. The molecule has 3 heterocycles. The number of ether oxygens (including phenoxy) is 1. The van der Waals surface area contributed by atoms with Gasteiger partial charge in [-0.15, -0.1) is 0 Å². The van der Waals surface area contributed by atoms with Gasteiger partial charge in [-0.2, -0.15) is 0 Å². The molecule has 0 radical (unpaired) electrons. The van der Waals surface area contributed by atoms with Gasteiger partial charge in [-0.25, -0.2) is 4.98 Å². The van der Waals surface area contributed by atoms with E-state index in [-0.39, 0.29) is 5.56 Å². The molecule has 1 aliphatic rings. The summed E-state index contributed by atoms with van der Waals surface area (Å²) in [4.78, 5) is 26.3. The number of likely N-dealkylation sites (tertiary alicyclic amines) is 1. The van der Waals surface area contributed by atoms with Crippen molar-refractivity contribution in [3.8, 4) is 17.1 Å². The van der Waals surface area contributed by atoms with Gasteiger partial charge in [0.2, 0.25) is 0 Å². The number of para-hydroxylation sites is 1. The van der Waals surface area contributed by atoms with Crippen LogP contribution < -0.4 is 10.3 Å². The van der Waals surface area contributed by atoms with Crippen LogP contribution in [-0.4, -0.2) is 39.5 Å². The van der Waals surface area contributed by atoms with Crippen molar-refractivity contribution >= 4 is 0 Å². The largest absolute Gasteiger partial charge is 0.494 e. The second-order valence-corrected chi connectivity index (χ2v) is 7.35. The van der Waals surface area contributed by atoms with Crippen LogP contribution >= 0.6 is 0 Å². The summed E-state index contributed by atoms with van der Waals surface area (Å²) in [6.07, 6.45) is 5.41. The lowest BCUT2D eigenvalue weighted by molar-refractivity contribution is 0.200. The number of hydrogen-bond acceptors (Lipinski definition) is 5. The molecule has 0 spiro atoms. The molecule has 29 heavy (non-hydrogen) atoms. The number of piperidine rings is 1. The molecule has 2 aromatic heterocycles. The molecule has 0 aliphatic carbocycles. The first-order valence-corrected chi connectivity index (χ1v) is 10.2. The topological polar surface area (TPSA) is 71.1 Å². The van der Waals surface area contributed by atoms with Crippen molar-refractivity contribution in [1.29, 1.82) is 0 Å². The zero-order chi connectivity index (χ0) is 20.1. The van der Waals surface area contributed by atoms with Crippen molar-refractivity contribution in [2.45, 2.75) is 32.2 Å². The van der Waals surface area contributed by atoms with Gasteiger partial charge >= 0.3 is 0 Å². The van der Waals surface area contributed by atoms with E-state index >= 15 is 0 Å². The maximum Gasteiger partial charge on any atom is 0.251 e. The van der Waals surface area contributed by atoms with Crippen LogP contribution in [-0.2, 0) is 6.54 Å². The monoisotopic (exact) mass is 390 g/mol. The number of hydrogen-bond donors (Lipinski definition) is 1. The molecule has 0 saturated carbocycles. The van der Waals surface area contributed by atoms with Crippen LogP contribution in [0, 0.1) is 0 Å². The SMILES string of the molecule is CCOc1ccccc1CN1CCC(c2cc(=O)[nH]c(-c3cccnc3)n2)CC1. The first kappa shape index (κ1) is 19.3. The molecule has 0 unspecified atom stereocenters. The van der Waals surface area contributed by atoms with Gasteiger partial charge in [0, 0.05) is 42.0 Å². The van der Waals surface area contributed by atoms with Crippen LogP contribution in [0.1, 0.15) is 36.9 Å². The third-order valence-corrected chi connectivity index (χ3v) is 5.37. The number of nitrogens with zero attached hydrogens (tertiary/aromatic N) is 3. The predicted octanol–water partition coefficient (Wildman–Crippen LogP) is 3.61. The summed E-state index contributed by atoms with van der Waals surface area (Å²) in [5.74, 6) is 1.86. The van der Waals surface area contributed by atoms with E-state index in [4.69, 9.17) is 9.72 Å². The fourth-order valence-electron chi connectivity index (χ4n) is 3.88. The molecule has 6 nitrogen and oxygen atoms in total. The van der Waals surface area contributed by atoms with E-state index in [1.165, 1.54) is 5.56 Å². The number of aromatic amines is 1. The highest BCUT2D eigenvalue weighted by Gasteiger charge is 2.23. The average molecular weight is 390 g/mol. The first-order chi connectivity index (χ1) is 14.2. The molecule has 1 saturated heterocycles. The van der Waals surface area contributed by atoms with Crippen LogP contribution in [0.5, 0.6) is 5.75 Å². The van der Waals surface area contributed by atoms with Crippen molar-refractivity contribution in [3.05, 3.63) is 76.5 Å². The van der Waals surface area contributed by atoms with Crippen molar-refractivity contribution < 1.29 is 4.74 Å². The highest BCUT2D eigenvalue weighted by atomic mass is 16.5. The second kappa shape index (κ2) is 9.01. The Morgan fingerprint density at radius 3 is 2.76 bits per heavy atom. The Kier molecular flexibility index (Phi) is 6.00. The van der Waals surface area contributed by atoms with Crippen molar-refractivity contribution in [1.82, 2.24) is 19.9 Å². The minimum absolute atomic E-state index is 0.109. The smallest absolute Gasteiger partial charge is 0.251 e. The predicted molar refractivity (Wildman–Crippen MR) is 113 cm³/mol. The van der Waals surface area contributed by atoms with E-state index in [1.54, 1.807) is 18.5 Å². The van der Waals surface area contributed by atoms with E-state index < -0.39 is 0 Å². The maximum atomic E-state index is 12.2. The molecule has 1 N–H and O–H groups in total. The van der Waals surface area contributed by atoms with Gasteiger partial charge in [-0.3, -0.25) is 14.7 Å². The van der Waals surface area contributed by atoms with Crippen LogP contribution in [0.2, 0.25) is 0 Å². The van der Waals surface area contributed by atoms with E-state index in [2.05, 4.69) is 27.0 Å². The normalized spacial score (nSPS) is 15.3. The molecule has 1 aromatic carbocycles. The first-order valence-electron chi connectivity index (χ1n) is 10.2. The molecule has 4 rings (SSSR count). The van der Waals surface area contributed by atoms with Crippen molar-refractivity contribution in [2.75, 3.05) is 19.7 Å². The van der Waals surface area contributed by atoms with E-state index in [0.717, 1.165) is 49.5 Å². The van der Waals surface area contributed by atoms with E-state index in [1.807, 2.05) is 31.2 Å². The van der Waals surface area contributed by atoms with Gasteiger partial charge in [0.05, 0.1) is 12.3 Å². The zero-order valence-corrected chi connectivity index (χ0v) is 16.7. The molecular weight excluding hydrogens is 364 g/mol. The van der Waals surface area contributed by atoms with E-state index in [0.29, 0.717) is 18.3 Å². The minimum atomic E-state index is -0.109. The molecule has 150 valence electrons. The quantitative estimate of drug-likeness (QED) is 0.696. The summed E-state index contributed by atoms with van der Waals surface area (Å²) < 4.78 is 5.76. The average Bonchev–Trinajstić information content (AvgIpc) is 2.76. The van der Waals surface area contributed by atoms with E-state index in [9.17, 15) is 4.79 Å². The molecule has 0 atom stereocenters. The summed E-state index contributed by atoms with van der Waals surface area (Å²) in [6, 6.07) is 13.6. The number of aromatic nitrogens is 3. The molecule has 3 aromatic rings. The van der Waals surface area contributed by atoms with Gasteiger partial charge in [-0.1, -0.05) is 18.2 Å². The molecule has 6 heteroatoms. The van der Waals surface area contributed by atoms with Gasteiger partial charge in [-0.05, 0) is 51.1 Å². The lowest BCUT2D eigenvalue weighted by Gasteiger charge is -2.32. The highest BCUT2D eigenvalue weighted by Crippen LogP contribution is 2.29. The Morgan fingerprint density at radius 1 is 1.17 bits per heavy atom. The lowest BCUT2D eigenvalue weighted by atomic mass is 9.93. The molecule has 0 amide bonds. The third-order valence-electron chi connectivity index (χ3n) is 5.37. The van der Waals surface area contributed by atoms with Gasteiger partial charge in [0.1, 0.15) is 11.6 Å². The number of pyridine rings is 1. The van der Waals surface area contributed by atoms with Gasteiger partial charge in [0.25, 0.3) is 5.56 Å². The summed E-state index contributed by atoms with van der Waals surface area (Å²) in [5, 5.41) is 0. The Hall–Kier alpha value is -2.99. The number of rotatable bonds is 6. The highest BCUT2D eigenvalue weighted by molar-refractivity contribution is 5.52. The fourth-order valence-corrected chi connectivity index (χ4v) is 3.88. The summed E-state index contributed by atoms with van der Waals surface area (Å²) in [5.41, 5.74) is 2.82. The molecule has 1 fully saturated rings. The van der Waals surface area contributed by atoms with Crippen molar-refractivity contribution in [2.24, 2.45) is 0 Å². The van der Waals surface area contributed by atoms with Crippen molar-refractivity contribution in [3.63, 3.8) is 0 Å². The Labute approximate surface area is 170 Å². The molecule has 1 aliphatic heterocycles. The zero-order valence-electron chi connectivity index (χ0n) is 16.7. The molecular formula is C23H26N4O2. The molecule has 0 bridgehead atoms.